The van der Waals surface area contributed by atoms with Gasteiger partial charge in [-0.15, -0.1) is 0 Å². The molecule has 248 valence electrons. The predicted octanol–water partition coefficient (Wildman–Crippen LogP) is 3.04. The maximum Gasteiger partial charge on any atom is 0.261 e. The van der Waals surface area contributed by atoms with Gasteiger partial charge in [-0.05, 0) is 43.0 Å². The van der Waals surface area contributed by atoms with E-state index in [1.165, 1.54) is 23.6 Å². The number of hydrogen-bond donors (Lipinski definition) is 1. The molecule has 1 aromatic heterocycles. The minimum atomic E-state index is -0.687. The third-order valence-corrected chi connectivity index (χ3v) is 10.2. The van der Waals surface area contributed by atoms with Crippen LogP contribution in [0.2, 0.25) is 0 Å². The van der Waals surface area contributed by atoms with Crippen LogP contribution in [0, 0.1) is 11.8 Å². The summed E-state index contributed by atoms with van der Waals surface area (Å²) in [5.41, 5.74) is 2.81. The molecule has 1 saturated carbocycles. The Morgan fingerprint density at radius 2 is 1.60 bits per heavy atom. The molecule has 2 fully saturated rings. The predicted molar refractivity (Wildman–Crippen MR) is 173 cm³/mol. The molecule has 3 aromatic rings. The zero-order valence-electron chi connectivity index (χ0n) is 26.8. The molecule has 0 unspecified atom stereocenters. The Balaban J connectivity index is 1.21. The van der Waals surface area contributed by atoms with E-state index in [1.807, 2.05) is 18.2 Å². The van der Waals surface area contributed by atoms with Gasteiger partial charge in [0.15, 0.2) is 0 Å². The zero-order chi connectivity index (χ0) is 33.4. The third-order valence-electron chi connectivity index (χ3n) is 10.2. The summed E-state index contributed by atoms with van der Waals surface area (Å²) in [6.07, 6.45) is 8.15. The second-order valence-electron chi connectivity index (χ2n) is 12.9. The molecule has 4 atom stereocenters. The molecule has 0 radical (unpaired) electrons. The van der Waals surface area contributed by atoms with E-state index in [-0.39, 0.29) is 30.4 Å². The van der Waals surface area contributed by atoms with Crippen LogP contribution in [0.5, 0.6) is 5.75 Å². The maximum absolute atomic E-state index is 14.5. The van der Waals surface area contributed by atoms with Gasteiger partial charge in [0.1, 0.15) is 18.2 Å². The topological polar surface area (TPSA) is 142 Å². The molecule has 7 rings (SSSR count). The maximum atomic E-state index is 14.5. The summed E-state index contributed by atoms with van der Waals surface area (Å²) < 4.78 is 6.63. The van der Waals surface area contributed by atoms with Gasteiger partial charge in [-0.25, -0.2) is 9.97 Å². The Morgan fingerprint density at radius 1 is 0.896 bits per heavy atom. The number of nitrogens with zero attached hydrogens (tertiary/aromatic N) is 5. The first kappa shape index (κ1) is 31.5. The van der Waals surface area contributed by atoms with E-state index in [9.17, 15) is 24.0 Å². The van der Waals surface area contributed by atoms with Gasteiger partial charge >= 0.3 is 0 Å². The largest absolute Gasteiger partial charge is 0.488 e. The van der Waals surface area contributed by atoms with Crippen molar-refractivity contribution in [2.75, 3.05) is 33.2 Å². The van der Waals surface area contributed by atoms with Crippen LogP contribution in [0.3, 0.4) is 0 Å². The van der Waals surface area contributed by atoms with Crippen LogP contribution in [0.4, 0.5) is 0 Å². The van der Waals surface area contributed by atoms with Crippen molar-refractivity contribution in [3.63, 3.8) is 0 Å². The Labute approximate surface area is 278 Å². The quantitative estimate of drug-likeness (QED) is 0.385. The number of imide groups is 1. The van der Waals surface area contributed by atoms with Gasteiger partial charge in [0.05, 0.1) is 35.8 Å². The summed E-state index contributed by atoms with van der Waals surface area (Å²) in [7, 11) is 1.59. The van der Waals surface area contributed by atoms with Gasteiger partial charge < -0.3 is 19.9 Å². The smallest absolute Gasteiger partial charge is 0.261 e. The summed E-state index contributed by atoms with van der Waals surface area (Å²) in [5.74, 6) is -1.65. The fourth-order valence-electron chi connectivity index (χ4n) is 7.79. The Morgan fingerprint density at radius 3 is 2.31 bits per heavy atom. The highest BCUT2D eigenvalue weighted by Gasteiger charge is 2.45. The van der Waals surface area contributed by atoms with Crippen molar-refractivity contribution < 1.29 is 28.7 Å². The van der Waals surface area contributed by atoms with E-state index in [2.05, 4.69) is 15.3 Å². The number of aromatic nitrogens is 2. The molecular formula is C36H38N6O6. The lowest BCUT2D eigenvalue weighted by Crippen LogP contribution is -2.51. The van der Waals surface area contributed by atoms with Crippen LogP contribution < -0.4 is 10.1 Å². The number of benzene rings is 2. The van der Waals surface area contributed by atoms with E-state index in [0.717, 1.165) is 24.0 Å². The fraction of sp³-hybridized carbons (Fsp3) is 0.417. The van der Waals surface area contributed by atoms with E-state index in [1.54, 1.807) is 41.1 Å². The molecule has 4 heterocycles. The Bertz CT molecular complexity index is 1730. The van der Waals surface area contributed by atoms with Crippen molar-refractivity contribution in [1.82, 2.24) is 30.0 Å². The van der Waals surface area contributed by atoms with Gasteiger partial charge in [0, 0.05) is 56.4 Å². The van der Waals surface area contributed by atoms with E-state index < -0.39 is 29.7 Å². The number of ether oxygens (including phenoxy) is 1. The normalized spacial score (nSPS) is 23.5. The van der Waals surface area contributed by atoms with Gasteiger partial charge in [-0.1, -0.05) is 37.1 Å². The molecule has 0 bridgehead atoms. The first-order valence-corrected chi connectivity index (χ1v) is 16.7. The van der Waals surface area contributed by atoms with Crippen LogP contribution in [0.25, 0.3) is 0 Å². The van der Waals surface area contributed by atoms with Crippen molar-refractivity contribution >= 4 is 29.5 Å². The Hall–Kier alpha value is -5.13. The molecule has 2 aromatic carbocycles. The minimum Gasteiger partial charge on any atom is -0.488 e. The van der Waals surface area contributed by atoms with Crippen molar-refractivity contribution in [3.8, 4) is 5.75 Å². The molecule has 1 aliphatic carbocycles. The minimum absolute atomic E-state index is 0.0495. The SMILES string of the molecule is CNC(=O)[C@H]1CCCC[C@H]1C(=O)N1CCc2cccc(O[C@H]3CCN(C(=O)c4cncnc4)C3)c2[C@H]1CN1C(=O)c2ccccc2C1=O. The molecule has 4 aliphatic rings. The number of fused-ring (bicyclic) bond motifs is 2. The average Bonchev–Trinajstić information content (AvgIpc) is 3.69. The van der Waals surface area contributed by atoms with Gasteiger partial charge in [0.25, 0.3) is 17.7 Å². The third kappa shape index (κ3) is 5.69. The standard InChI is InChI=1S/C36H38N6O6/c1-37-32(43)25-8-2-3-9-26(25)34(45)41-16-13-22-7-6-12-30(48-24-14-15-40(19-24)33(44)23-17-38-21-39-18-23)31(22)29(41)20-42-35(46)27-10-4-5-11-28(27)36(42)47/h4-7,10-12,17-18,21,24-26,29H,2-3,8-9,13-16,19-20H2,1H3,(H,37,43)/t24-,25-,26+,29+/m0/s1. The summed E-state index contributed by atoms with van der Waals surface area (Å²) >= 11 is 0. The number of carbonyl (C=O) groups excluding carboxylic acids is 5. The molecule has 12 heteroatoms. The number of hydrogen-bond acceptors (Lipinski definition) is 8. The van der Waals surface area contributed by atoms with Crippen LogP contribution >= 0.6 is 0 Å². The monoisotopic (exact) mass is 650 g/mol. The number of amides is 5. The van der Waals surface area contributed by atoms with E-state index >= 15 is 0 Å². The summed E-state index contributed by atoms with van der Waals surface area (Å²) in [5, 5.41) is 2.74. The fourth-order valence-corrected chi connectivity index (χ4v) is 7.79. The van der Waals surface area contributed by atoms with Crippen molar-refractivity contribution in [1.29, 1.82) is 0 Å². The highest BCUT2D eigenvalue weighted by Crippen LogP contribution is 2.42. The van der Waals surface area contributed by atoms with Crippen LogP contribution in [0.1, 0.15) is 80.3 Å². The van der Waals surface area contributed by atoms with Crippen LogP contribution in [-0.4, -0.2) is 93.5 Å². The zero-order valence-corrected chi connectivity index (χ0v) is 26.8. The molecule has 0 spiro atoms. The van der Waals surface area contributed by atoms with E-state index in [4.69, 9.17) is 4.74 Å². The second-order valence-corrected chi connectivity index (χ2v) is 12.9. The molecule has 1 saturated heterocycles. The molecule has 1 N–H and O–H groups in total. The molecular weight excluding hydrogens is 612 g/mol. The first-order valence-electron chi connectivity index (χ1n) is 16.7. The van der Waals surface area contributed by atoms with Crippen molar-refractivity contribution in [2.24, 2.45) is 11.8 Å². The number of carbonyl (C=O) groups is 5. The van der Waals surface area contributed by atoms with Crippen molar-refractivity contribution in [2.45, 2.75) is 50.7 Å². The molecule has 48 heavy (non-hydrogen) atoms. The summed E-state index contributed by atoms with van der Waals surface area (Å²) in [6, 6.07) is 11.8. The lowest BCUT2D eigenvalue weighted by atomic mass is 9.77. The number of rotatable bonds is 7. The number of nitrogens with one attached hydrogen (secondary N) is 1. The average molecular weight is 651 g/mol. The van der Waals surface area contributed by atoms with Gasteiger partial charge in [-0.3, -0.25) is 28.9 Å². The van der Waals surface area contributed by atoms with Crippen LogP contribution in [-0.2, 0) is 16.0 Å². The number of likely N-dealkylation sites (tertiary alicyclic amines) is 1. The summed E-state index contributed by atoms with van der Waals surface area (Å²) in [6.45, 7) is 1.19. The van der Waals surface area contributed by atoms with Crippen LogP contribution in [0.15, 0.2) is 61.2 Å². The lowest BCUT2D eigenvalue weighted by Gasteiger charge is -2.43. The first-order chi connectivity index (χ1) is 23.4. The highest BCUT2D eigenvalue weighted by atomic mass is 16.5. The van der Waals surface area contributed by atoms with Gasteiger partial charge in [0.2, 0.25) is 11.8 Å². The lowest BCUT2D eigenvalue weighted by molar-refractivity contribution is -0.146. The second kappa shape index (κ2) is 13.2. The van der Waals surface area contributed by atoms with Gasteiger partial charge in [-0.2, -0.15) is 0 Å². The Kier molecular flexibility index (Phi) is 8.63. The molecule has 5 amide bonds. The highest BCUT2D eigenvalue weighted by molar-refractivity contribution is 6.21. The molecule has 3 aliphatic heterocycles. The van der Waals surface area contributed by atoms with E-state index in [0.29, 0.717) is 67.8 Å². The van der Waals surface area contributed by atoms with Crippen molar-refractivity contribution in [3.05, 3.63) is 89.0 Å². The molecule has 12 nitrogen and oxygen atoms in total. The summed E-state index contributed by atoms with van der Waals surface area (Å²) in [4.78, 5) is 80.4.